The standard InChI is InChI=1S/C13H13ClN2O2/c1-16-8-11(7-15-16)4-5-18-13-3-2-10(9-17)6-12(13)14/h2-3,6-9H,4-5H2,1H3. The molecular formula is C13H13ClN2O2. The van der Waals surface area contributed by atoms with Crippen molar-refractivity contribution in [3.8, 4) is 5.75 Å². The molecule has 0 saturated carbocycles. The zero-order valence-corrected chi connectivity index (χ0v) is 10.7. The lowest BCUT2D eigenvalue weighted by Gasteiger charge is -2.07. The fourth-order valence-electron chi connectivity index (χ4n) is 1.59. The van der Waals surface area contributed by atoms with Crippen molar-refractivity contribution in [1.82, 2.24) is 9.78 Å². The van der Waals surface area contributed by atoms with Crippen LogP contribution >= 0.6 is 11.6 Å². The molecule has 5 heteroatoms. The molecule has 94 valence electrons. The molecular weight excluding hydrogens is 252 g/mol. The van der Waals surface area contributed by atoms with Gasteiger partial charge in [0.05, 0.1) is 17.8 Å². The Morgan fingerprint density at radius 1 is 1.50 bits per heavy atom. The van der Waals surface area contributed by atoms with E-state index in [1.54, 1.807) is 29.1 Å². The maximum atomic E-state index is 10.6. The predicted molar refractivity (Wildman–Crippen MR) is 69.2 cm³/mol. The average molecular weight is 265 g/mol. The minimum Gasteiger partial charge on any atom is -0.492 e. The van der Waals surface area contributed by atoms with Crippen LogP contribution in [-0.4, -0.2) is 22.7 Å². The lowest BCUT2D eigenvalue weighted by Crippen LogP contribution is -2.01. The topological polar surface area (TPSA) is 44.1 Å². The van der Waals surface area contributed by atoms with Gasteiger partial charge in [0, 0.05) is 25.2 Å². The first kappa shape index (κ1) is 12.6. The Kier molecular flexibility index (Phi) is 3.99. The molecule has 0 aliphatic heterocycles. The van der Waals surface area contributed by atoms with Crippen LogP contribution in [0.1, 0.15) is 15.9 Å². The molecule has 0 aliphatic rings. The number of aryl methyl sites for hydroxylation is 1. The number of nitrogens with zero attached hydrogens (tertiary/aromatic N) is 2. The van der Waals surface area contributed by atoms with Gasteiger partial charge < -0.3 is 4.74 Å². The van der Waals surface area contributed by atoms with Crippen molar-refractivity contribution in [2.75, 3.05) is 6.61 Å². The first-order chi connectivity index (χ1) is 8.69. The number of rotatable bonds is 5. The molecule has 0 atom stereocenters. The molecule has 1 heterocycles. The summed E-state index contributed by atoms with van der Waals surface area (Å²) >= 11 is 5.99. The van der Waals surface area contributed by atoms with E-state index in [4.69, 9.17) is 16.3 Å². The minimum atomic E-state index is 0.450. The van der Waals surface area contributed by atoms with E-state index in [1.807, 2.05) is 13.2 Å². The van der Waals surface area contributed by atoms with Gasteiger partial charge in [-0.15, -0.1) is 0 Å². The Balaban J connectivity index is 1.92. The van der Waals surface area contributed by atoms with E-state index in [1.165, 1.54) is 0 Å². The minimum absolute atomic E-state index is 0.450. The second-order valence-corrected chi connectivity index (χ2v) is 4.34. The van der Waals surface area contributed by atoms with Crippen molar-refractivity contribution in [2.45, 2.75) is 6.42 Å². The Bertz CT molecular complexity index is 552. The van der Waals surface area contributed by atoms with Gasteiger partial charge in [-0.25, -0.2) is 0 Å². The van der Waals surface area contributed by atoms with Gasteiger partial charge in [-0.2, -0.15) is 5.10 Å². The largest absolute Gasteiger partial charge is 0.492 e. The van der Waals surface area contributed by atoms with Crippen molar-refractivity contribution >= 4 is 17.9 Å². The smallest absolute Gasteiger partial charge is 0.150 e. The SMILES string of the molecule is Cn1cc(CCOc2ccc(C=O)cc2Cl)cn1. The summed E-state index contributed by atoms with van der Waals surface area (Å²) in [6, 6.07) is 4.97. The lowest BCUT2D eigenvalue weighted by atomic mass is 10.2. The molecule has 0 N–H and O–H groups in total. The molecule has 0 unspecified atom stereocenters. The van der Waals surface area contributed by atoms with Crippen molar-refractivity contribution in [2.24, 2.45) is 7.05 Å². The number of benzene rings is 1. The van der Waals surface area contributed by atoms with Crippen molar-refractivity contribution < 1.29 is 9.53 Å². The molecule has 1 aromatic heterocycles. The highest BCUT2D eigenvalue weighted by Crippen LogP contribution is 2.24. The van der Waals surface area contributed by atoms with Crippen molar-refractivity contribution in [3.63, 3.8) is 0 Å². The molecule has 0 saturated heterocycles. The molecule has 2 rings (SSSR count). The summed E-state index contributed by atoms with van der Waals surface area (Å²) in [4.78, 5) is 10.6. The zero-order chi connectivity index (χ0) is 13.0. The normalized spacial score (nSPS) is 10.3. The monoisotopic (exact) mass is 264 g/mol. The molecule has 0 spiro atoms. The zero-order valence-electron chi connectivity index (χ0n) is 9.97. The third-order valence-electron chi connectivity index (χ3n) is 2.50. The molecule has 0 bridgehead atoms. The maximum Gasteiger partial charge on any atom is 0.150 e. The van der Waals surface area contributed by atoms with E-state index in [9.17, 15) is 4.79 Å². The first-order valence-electron chi connectivity index (χ1n) is 5.54. The Morgan fingerprint density at radius 2 is 2.33 bits per heavy atom. The van der Waals surface area contributed by atoms with Crippen LogP contribution in [0.5, 0.6) is 5.75 Å². The summed E-state index contributed by atoms with van der Waals surface area (Å²) in [5, 5.41) is 4.53. The third-order valence-corrected chi connectivity index (χ3v) is 2.79. The molecule has 0 amide bonds. The van der Waals surface area contributed by atoms with Crippen molar-refractivity contribution in [3.05, 3.63) is 46.7 Å². The molecule has 1 aromatic carbocycles. The average Bonchev–Trinajstić information content (AvgIpc) is 2.77. The van der Waals surface area contributed by atoms with Crippen LogP contribution in [0.2, 0.25) is 5.02 Å². The van der Waals surface area contributed by atoms with E-state index in [-0.39, 0.29) is 0 Å². The number of aromatic nitrogens is 2. The van der Waals surface area contributed by atoms with Crippen LogP contribution in [-0.2, 0) is 13.5 Å². The van der Waals surface area contributed by atoms with Gasteiger partial charge in [-0.05, 0) is 23.8 Å². The van der Waals surface area contributed by atoms with E-state index in [2.05, 4.69) is 5.10 Å². The number of hydrogen-bond donors (Lipinski definition) is 0. The summed E-state index contributed by atoms with van der Waals surface area (Å²) in [6.07, 6.45) is 5.27. The summed E-state index contributed by atoms with van der Waals surface area (Å²) in [6.45, 7) is 0.520. The number of carbonyl (C=O) groups is 1. The van der Waals surface area contributed by atoms with Crippen LogP contribution in [0.25, 0.3) is 0 Å². The number of carbonyl (C=O) groups excluding carboxylic acids is 1. The van der Waals surface area contributed by atoms with Gasteiger partial charge in [0.25, 0.3) is 0 Å². The molecule has 4 nitrogen and oxygen atoms in total. The highest BCUT2D eigenvalue weighted by atomic mass is 35.5. The second-order valence-electron chi connectivity index (χ2n) is 3.93. The van der Waals surface area contributed by atoms with Crippen LogP contribution in [0, 0.1) is 0 Å². The van der Waals surface area contributed by atoms with Crippen molar-refractivity contribution in [1.29, 1.82) is 0 Å². The molecule has 0 radical (unpaired) electrons. The maximum absolute atomic E-state index is 10.6. The van der Waals surface area contributed by atoms with Crippen LogP contribution in [0.3, 0.4) is 0 Å². The Morgan fingerprint density at radius 3 is 2.94 bits per heavy atom. The summed E-state index contributed by atoms with van der Waals surface area (Å²) in [7, 11) is 1.87. The highest BCUT2D eigenvalue weighted by molar-refractivity contribution is 6.32. The van der Waals surface area contributed by atoms with Gasteiger partial charge in [-0.1, -0.05) is 11.6 Å². The van der Waals surface area contributed by atoms with Crippen LogP contribution in [0.15, 0.2) is 30.6 Å². The van der Waals surface area contributed by atoms with Crippen LogP contribution in [0.4, 0.5) is 0 Å². The first-order valence-corrected chi connectivity index (χ1v) is 5.92. The van der Waals surface area contributed by atoms with E-state index in [0.29, 0.717) is 22.9 Å². The number of hydrogen-bond acceptors (Lipinski definition) is 3. The molecule has 18 heavy (non-hydrogen) atoms. The summed E-state index contributed by atoms with van der Waals surface area (Å²) in [5.74, 6) is 0.589. The number of aldehydes is 1. The van der Waals surface area contributed by atoms with Gasteiger partial charge in [0.15, 0.2) is 0 Å². The van der Waals surface area contributed by atoms with Gasteiger partial charge in [0.2, 0.25) is 0 Å². The Labute approximate surface area is 110 Å². The fourth-order valence-corrected chi connectivity index (χ4v) is 1.83. The van der Waals surface area contributed by atoms with Crippen LogP contribution < -0.4 is 4.74 Å². The quantitative estimate of drug-likeness (QED) is 0.780. The number of halogens is 1. The van der Waals surface area contributed by atoms with E-state index in [0.717, 1.165) is 18.3 Å². The molecule has 0 aliphatic carbocycles. The molecule has 2 aromatic rings. The van der Waals surface area contributed by atoms with Gasteiger partial charge in [-0.3, -0.25) is 9.48 Å². The number of ether oxygens (including phenoxy) is 1. The molecule has 0 fully saturated rings. The van der Waals surface area contributed by atoms with E-state index >= 15 is 0 Å². The predicted octanol–water partition coefficient (Wildman–Crippen LogP) is 2.51. The fraction of sp³-hybridized carbons (Fsp3) is 0.231. The lowest BCUT2D eigenvalue weighted by molar-refractivity contribution is 0.112. The Hall–Kier alpha value is -1.81. The highest BCUT2D eigenvalue weighted by Gasteiger charge is 2.03. The van der Waals surface area contributed by atoms with Gasteiger partial charge in [0.1, 0.15) is 12.0 Å². The summed E-state index contributed by atoms with van der Waals surface area (Å²) in [5.41, 5.74) is 1.65. The summed E-state index contributed by atoms with van der Waals surface area (Å²) < 4.78 is 7.32. The van der Waals surface area contributed by atoms with E-state index < -0.39 is 0 Å². The third kappa shape index (κ3) is 3.11. The second kappa shape index (κ2) is 5.69. The van der Waals surface area contributed by atoms with Gasteiger partial charge >= 0.3 is 0 Å².